The highest BCUT2D eigenvalue weighted by atomic mass is 19.1. The average molecular weight is 336 g/mol. The summed E-state index contributed by atoms with van der Waals surface area (Å²) < 4.78 is 13.8. The smallest absolute Gasteiger partial charge is 0.317 e. The molecule has 24 heavy (non-hydrogen) atoms. The summed E-state index contributed by atoms with van der Waals surface area (Å²) in [6, 6.07) is 2.49. The molecule has 2 aliphatic rings. The summed E-state index contributed by atoms with van der Waals surface area (Å²) in [6.45, 7) is 2.17. The number of nitrogens with one attached hydrogen (secondary N) is 3. The van der Waals surface area contributed by atoms with E-state index in [0.29, 0.717) is 32.0 Å². The number of hydrogen-bond donors (Lipinski definition) is 3. The molecule has 3 N–H and O–H groups in total. The summed E-state index contributed by atoms with van der Waals surface area (Å²) in [5.41, 5.74) is 0. The number of carbonyl (C=O) groups excluding carboxylic acids is 2. The van der Waals surface area contributed by atoms with Gasteiger partial charge in [0.2, 0.25) is 0 Å². The van der Waals surface area contributed by atoms with E-state index in [9.17, 15) is 14.0 Å². The molecule has 4 amide bonds. The van der Waals surface area contributed by atoms with Gasteiger partial charge in [-0.25, -0.2) is 19.0 Å². The molecule has 0 radical (unpaired) electrons. The highest BCUT2D eigenvalue weighted by Crippen LogP contribution is 2.21. The zero-order valence-electron chi connectivity index (χ0n) is 13.5. The van der Waals surface area contributed by atoms with Crippen molar-refractivity contribution in [3.63, 3.8) is 0 Å². The molecule has 0 bridgehead atoms. The highest BCUT2D eigenvalue weighted by Gasteiger charge is 2.34. The maximum absolute atomic E-state index is 13.8. The number of hydrogen-bond acceptors (Lipinski definition) is 4. The van der Waals surface area contributed by atoms with Crippen molar-refractivity contribution in [2.75, 3.05) is 38.1 Å². The molecule has 1 atom stereocenters. The summed E-state index contributed by atoms with van der Waals surface area (Å²) in [7, 11) is 1.55. The predicted octanol–water partition coefficient (Wildman–Crippen LogP) is 0.122. The Labute approximate surface area is 139 Å². The first-order valence-corrected chi connectivity index (χ1v) is 7.96. The third kappa shape index (κ3) is 3.50. The molecule has 0 aromatic carbocycles. The molecule has 2 fully saturated rings. The van der Waals surface area contributed by atoms with Gasteiger partial charge in [0.25, 0.3) is 0 Å². The first-order chi connectivity index (χ1) is 11.6. The molecule has 1 aromatic heterocycles. The first kappa shape index (κ1) is 16.3. The molecule has 1 aromatic rings. The third-order valence-corrected chi connectivity index (χ3v) is 4.29. The Morgan fingerprint density at radius 2 is 2.04 bits per heavy atom. The number of pyridine rings is 1. The Hall–Kier alpha value is -2.58. The minimum Gasteiger partial charge on any atom is -0.352 e. The van der Waals surface area contributed by atoms with Crippen LogP contribution in [-0.2, 0) is 0 Å². The molecule has 130 valence electrons. The number of carbonyl (C=O) groups is 2. The quantitative estimate of drug-likeness (QED) is 0.732. The molecular weight excluding hydrogens is 315 g/mol. The van der Waals surface area contributed by atoms with Crippen LogP contribution < -0.4 is 20.9 Å². The summed E-state index contributed by atoms with van der Waals surface area (Å²) in [6.07, 6.45) is 2.31. The number of aromatic nitrogens is 1. The van der Waals surface area contributed by atoms with Gasteiger partial charge in [0.05, 0.1) is 6.04 Å². The van der Waals surface area contributed by atoms with Gasteiger partial charge >= 0.3 is 12.1 Å². The van der Waals surface area contributed by atoms with Gasteiger partial charge in [0.15, 0.2) is 11.6 Å². The lowest BCUT2D eigenvalue weighted by atomic mass is 10.1. The fourth-order valence-electron chi connectivity index (χ4n) is 2.94. The van der Waals surface area contributed by atoms with E-state index in [1.54, 1.807) is 24.2 Å². The fraction of sp³-hybridized carbons (Fsp3) is 0.533. The van der Waals surface area contributed by atoms with Gasteiger partial charge in [-0.3, -0.25) is 0 Å². The van der Waals surface area contributed by atoms with E-state index in [0.717, 1.165) is 6.42 Å². The number of anilines is 1. The van der Waals surface area contributed by atoms with E-state index in [1.165, 1.54) is 6.07 Å². The van der Waals surface area contributed by atoms with Crippen LogP contribution in [0, 0.1) is 5.82 Å². The number of nitrogens with zero attached hydrogens (tertiary/aromatic N) is 3. The van der Waals surface area contributed by atoms with Crippen molar-refractivity contribution in [3.8, 4) is 0 Å². The van der Waals surface area contributed by atoms with Crippen molar-refractivity contribution in [1.29, 1.82) is 0 Å². The van der Waals surface area contributed by atoms with Crippen molar-refractivity contribution >= 4 is 17.9 Å². The topological polar surface area (TPSA) is 89.6 Å². The SMILES string of the molecule is CNC(=O)NC1CN(C(=O)N[C@H]2CCN(c3ncccc3F)C2)C1. The summed E-state index contributed by atoms with van der Waals surface area (Å²) in [5, 5.41) is 8.18. The summed E-state index contributed by atoms with van der Waals surface area (Å²) in [4.78, 5) is 30.9. The van der Waals surface area contributed by atoms with E-state index < -0.39 is 0 Å². The second-order valence-electron chi connectivity index (χ2n) is 6.02. The Morgan fingerprint density at radius 3 is 2.75 bits per heavy atom. The van der Waals surface area contributed by atoms with Crippen LogP contribution in [0.25, 0.3) is 0 Å². The van der Waals surface area contributed by atoms with Gasteiger partial charge < -0.3 is 25.8 Å². The number of halogens is 1. The van der Waals surface area contributed by atoms with Crippen molar-refractivity contribution < 1.29 is 14.0 Å². The average Bonchev–Trinajstić information content (AvgIpc) is 2.98. The Kier molecular flexibility index (Phi) is 4.68. The molecular formula is C15H21FN6O2. The molecule has 3 rings (SSSR count). The van der Waals surface area contributed by atoms with Gasteiger partial charge in [-0.1, -0.05) is 0 Å². The van der Waals surface area contributed by atoms with E-state index >= 15 is 0 Å². The van der Waals surface area contributed by atoms with Crippen molar-refractivity contribution in [2.24, 2.45) is 0 Å². The van der Waals surface area contributed by atoms with E-state index in [4.69, 9.17) is 0 Å². The van der Waals surface area contributed by atoms with Crippen molar-refractivity contribution in [2.45, 2.75) is 18.5 Å². The van der Waals surface area contributed by atoms with Gasteiger partial charge in [0.1, 0.15) is 0 Å². The van der Waals surface area contributed by atoms with Gasteiger partial charge in [-0.15, -0.1) is 0 Å². The normalized spacial score (nSPS) is 20.5. The monoisotopic (exact) mass is 336 g/mol. The third-order valence-electron chi connectivity index (χ3n) is 4.29. The molecule has 0 spiro atoms. The van der Waals surface area contributed by atoms with Crippen LogP contribution in [0.5, 0.6) is 0 Å². The number of likely N-dealkylation sites (tertiary alicyclic amines) is 1. The first-order valence-electron chi connectivity index (χ1n) is 7.96. The lowest BCUT2D eigenvalue weighted by Crippen LogP contribution is -2.64. The second-order valence-corrected chi connectivity index (χ2v) is 6.02. The maximum atomic E-state index is 13.8. The van der Waals surface area contributed by atoms with E-state index in [2.05, 4.69) is 20.9 Å². The van der Waals surface area contributed by atoms with Crippen LogP contribution in [0.1, 0.15) is 6.42 Å². The molecule has 9 heteroatoms. The van der Waals surface area contributed by atoms with Crippen LogP contribution in [0.2, 0.25) is 0 Å². The Morgan fingerprint density at radius 1 is 1.25 bits per heavy atom. The van der Waals surface area contributed by atoms with Crippen molar-refractivity contribution in [1.82, 2.24) is 25.8 Å². The van der Waals surface area contributed by atoms with Crippen molar-refractivity contribution in [3.05, 3.63) is 24.1 Å². The summed E-state index contributed by atoms with van der Waals surface area (Å²) >= 11 is 0. The van der Waals surface area contributed by atoms with Gasteiger partial charge in [0, 0.05) is 45.5 Å². The zero-order valence-corrected chi connectivity index (χ0v) is 13.5. The second kappa shape index (κ2) is 6.90. The summed E-state index contributed by atoms with van der Waals surface area (Å²) in [5.74, 6) is -0.0247. The lowest BCUT2D eigenvalue weighted by molar-refractivity contribution is 0.137. The molecule has 2 aliphatic heterocycles. The number of rotatable bonds is 3. The predicted molar refractivity (Wildman–Crippen MR) is 86.3 cm³/mol. The highest BCUT2D eigenvalue weighted by molar-refractivity contribution is 5.77. The molecule has 0 aliphatic carbocycles. The fourth-order valence-corrected chi connectivity index (χ4v) is 2.94. The van der Waals surface area contributed by atoms with Crippen LogP contribution in [0.15, 0.2) is 18.3 Å². The largest absolute Gasteiger partial charge is 0.352 e. The van der Waals surface area contributed by atoms with Gasteiger partial charge in [-0.2, -0.15) is 0 Å². The van der Waals surface area contributed by atoms with Crippen LogP contribution in [-0.4, -0.2) is 67.3 Å². The van der Waals surface area contributed by atoms with Crippen LogP contribution in [0.4, 0.5) is 19.8 Å². The van der Waals surface area contributed by atoms with Crippen LogP contribution in [0.3, 0.4) is 0 Å². The molecule has 8 nitrogen and oxygen atoms in total. The molecule has 0 unspecified atom stereocenters. The van der Waals surface area contributed by atoms with E-state index in [-0.39, 0.29) is 30.0 Å². The minimum atomic E-state index is -0.352. The maximum Gasteiger partial charge on any atom is 0.317 e. The standard InChI is InChI=1S/C15H21FN6O2/c1-17-14(23)19-11-8-22(9-11)15(24)20-10-4-6-21(7-10)13-12(16)3-2-5-18-13/h2-3,5,10-11H,4,6-9H2,1H3,(H,20,24)(H2,17,19,23)/t10-/m0/s1. The minimum absolute atomic E-state index is 0.0154. The van der Waals surface area contributed by atoms with Crippen LogP contribution >= 0.6 is 0 Å². The molecule has 3 heterocycles. The molecule has 0 saturated carbocycles. The lowest BCUT2D eigenvalue weighted by Gasteiger charge is -2.39. The number of urea groups is 2. The Bertz CT molecular complexity index is 622. The van der Waals surface area contributed by atoms with Gasteiger partial charge in [-0.05, 0) is 18.6 Å². The Balaban J connectivity index is 1.44. The molecule has 2 saturated heterocycles. The number of amides is 4. The van der Waals surface area contributed by atoms with E-state index in [1.807, 2.05) is 4.90 Å². The zero-order chi connectivity index (χ0) is 17.1.